The van der Waals surface area contributed by atoms with E-state index in [1.165, 1.54) is 22.9 Å². The van der Waals surface area contributed by atoms with Crippen LogP contribution in [0.25, 0.3) is 0 Å². The Balaban J connectivity index is 2.01. The highest BCUT2D eigenvalue weighted by atomic mass is 32.2. The lowest BCUT2D eigenvalue weighted by Crippen LogP contribution is -2.24. The number of carbonyl (C=O) groups excluding carboxylic acids is 1. The Kier molecular flexibility index (Phi) is 4.86. The van der Waals surface area contributed by atoms with E-state index < -0.39 is 0 Å². The first kappa shape index (κ1) is 13.2. The molecule has 1 aromatic carbocycles. The van der Waals surface area contributed by atoms with Crippen LogP contribution in [-0.2, 0) is 17.8 Å². The monoisotopic (exact) mass is 259 g/mol. The third kappa shape index (κ3) is 3.63. The molecule has 0 unspecified atom stereocenters. The van der Waals surface area contributed by atoms with Crippen LogP contribution in [0.2, 0.25) is 0 Å². The zero-order valence-corrected chi connectivity index (χ0v) is 11.4. The highest BCUT2D eigenvalue weighted by Gasteiger charge is 2.10. The first-order chi connectivity index (χ1) is 8.77. The molecule has 0 amide bonds. The van der Waals surface area contributed by atoms with Crippen molar-refractivity contribution in [2.45, 2.75) is 26.3 Å². The molecule has 1 aliphatic heterocycles. The number of fused-ring (bicyclic) bond motifs is 1. The van der Waals surface area contributed by atoms with Gasteiger partial charge in [0.25, 0.3) is 0 Å². The quantitative estimate of drug-likeness (QED) is 0.653. The van der Waals surface area contributed by atoms with Gasteiger partial charge in [0.05, 0.1) is 0 Å². The molecule has 1 heterocycles. The Labute approximate surface area is 113 Å². The normalized spacial score (nSPS) is 13.4. The third-order valence-corrected chi connectivity index (χ3v) is 3.71. The standard InChI is InChI=1S/C15H17NOS/c1-12(17)18-10-3-2-5-13-6-4-7-14-11-16-9-8-15(13)14/h4,6-7,16H,3,8-11H2,1H3. The molecule has 2 rings (SSSR count). The van der Waals surface area contributed by atoms with Gasteiger partial charge >= 0.3 is 0 Å². The minimum atomic E-state index is 0.167. The number of hydrogen-bond acceptors (Lipinski definition) is 3. The topological polar surface area (TPSA) is 29.1 Å². The molecule has 3 heteroatoms. The van der Waals surface area contributed by atoms with Crippen LogP contribution in [0.15, 0.2) is 18.2 Å². The molecule has 0 bridgehead atoms. The van der Waals surface area contributed by atoms with E-state index in [1.807, 2.05) is 0 Å². The van der Waals surface area contributed by atoms with Crippen molar-refractivity contribution in [1.29, 1.82) is 0 Å². The van der Waals surface area contributed by atoms with Gasteiger partial charge in [0, 0.05) is 31.2 Å². The summed E-state index contributed by atoms with van der Waals surface area (Å²) in [7, 11) is 0. The number of hydrogen-bond donors (Lipinski definition) is 1. The lowest BCUT2D eigenvalue weighted by atomic mass is 9.96. The molecule has 1 N–H and O–H groups in total. The van der Waals surface area contributed by atoms with E-state index in [4.69, 9.17) is 0 Å². The summed E-state index contributed by atoms with van der Waals surface area (Å²) in [6.45, 7) is 3.58. The SMILES string of the molecule is CC(=O)SCCC#Cc1cccc2c1CCNC2. The lowest BCUT2D eigenvalue weighted by Gasteiger charge is -2.18. The zero-order valence-electron chi connectivity index (χ0n) is 10.6. The van der Waals surface area contributed by atoms with Gasteiger partial charge in [-0.1, -0.05) is 35.7 Å². The van der Waals surface area contributed by atoms with E-state index in [1.54, 1.807) is 6.92 Å². The van der Waals surface area contributed by atoms with Gasteiger partial charge in [-0.3, -0.25) is 4.79 Å². The second kappa shape index (κ2) is 6.63. The van der Waals surface area contributed by atoms with Crippen molar-refractivity contribution in [2.24, 2.45) is 0 Å². The van der Waals surface area contributed by atoms with E-state index in [0.717, 1.165) is 37.2 Å². The Morgan fingerprint density at radius 2 is 2.39 bits per heavy atom. The summed E-state index contributed by atoms with van der Waals surface area (Å²) in [6, 6.07) is 6.33. The van der Waals surface area contributed by atoms with Crippen LogP contribution in [0.1, 0.15) is 30.0 Å². The summed E-state index contributed by atoms with van der Waals surface area (Å²) in [4.78, 5) is 10.8. The van der Waals surface area contributed by atoms with Gasteiger partial charge in [-0.15, -0.1) is 0 Å². The fraction of sp³-hybridized carbons (Fsp3) is 0.400. The van der Waals surface area contributed by atoms with Gasteiger partial charge in [-0.2, -0.15) is 0 Å². The van der Waals surface area contributed by atoms with Crippen molar-refractivity contribution in [1.82, 2.24) is 5.32 Å². The maximum atomic E-state index is 10.8. The van der Waals surface area contributed by atoms with Crippen LogP contribution >= 0.6 is 11.8 Å². The maximum Gasteiger partial charge on any atom is 0.185 e. The molecule has 94 valence electrons. The van der Waals surface area contributed by atoms with Crippen molar-refractivity contribution in [3.05, 3.63) is 34.9 Å². The highest BCUT2D eigenvalue weighted by molar-refractivity contribution is 8.13. The Morgan fingerprint density at radius 1 is 1.50 bits per heavy atom. The number of thioether (sulfide) groups is 1. The number of benzene rings is 1. The van der Waals surface area contributed by atoms with Crippen LogP contribution in [0, 0.1) is 11.8 Å². The van der Waals surface area contributed by atoms with Crippen molar-refractivity contribution >= 4 is 16.9 Å². The van der Waals surface area contributed by atoms with Crippen LogP contribution in [0.4, 0.5) is 0 Å². The molecular weight excluding hydrogens is 242 g/mol. The average molecular weight is 259 g/mol. The van der Waals surface area contributed by atoms with E-state index in [0.29, 0.717) is 0 Å². The van der Waals surface area contributed by atoms with Gasteiger partial charge in [0.15, 0.2) is 5.12 Å². The van der Waals surface area contributed by atoms with E-state index in [2.05, 4.69) is 35.4 Å². The fourth-order valence-electron chi connectivity index (χ4n) is 2.05. The second-order valence-corrected chi connectivity index (χ2v) is 5.53. The van der Waals surface area contributed by atoms with Crippen LogP contribution in [-0.4, -0.2) is 17.4 Å². The molecule has 1 aliphatic rings. The van der Waals surface area contributed by atoms with Gasteiger partial charge in [0.2, 0.25) is 0 Å². The molecule has 0 aromatic heterocycles. The van der Waals surface area contributed by atoms with E-state index in [-0.39, 0.29) is 5.12 Å². The summed E-state index contributed by atoms with van der Waals surface area (Å²) in [5.41, 5.74) is 3.91. The molecule has 0 atom stereocenters. The predicted octanol–water partition coefficient (Wildman–Crippen LogP) is 2.35. The van der Waals surface area contributed by atoms with E-state index >= 15 is 0 Å². The third-order valence-electron chi connectivity index (χ3n) is 2.90. The smallest absolute Gasteiger partial charge is 0.185 e. The van der Waals surface area contributed by atoms with Crippen LogP contribution in [0.3, 0.4) is 0 Å². The van der Waals surface area contributed by atoms with Crippen molar-refractivity contribution < 1.29 is 4.79 Å². The molecule has 0 saturated carbocycles. The Morgan fingerprint density at radius 3 is 3.22 bits per heavy atom. The zero-order chi connectivity index (χ0) is 12.8. The van der Waals surface area contributed by atoms with Crippen molar-refractivity contribution in [2.75, 3.05) is 12.3 Å². The molecule has 0 radical (unpaired) electrons. The van der Waals surface area contributed by atoms with Crippen LogP contribution in [0.5, 0.6) is 0 Å². The Hall–Kier alpha value is -1.24. The lowest BCUT2D eigenvalue weighted by molar-refractivity contribution is -0.109. The number of carbonyl (C=O) groups is 1. The first-order valence-corrected chi connectivity index (χ1v) is 7.19. The molecule has 18 heavy (non-hydrogen) atoms. The number of nitrogens with one attached hydrogen (secondary N) is 1. The fourth-order valence-corrected chi connectivity index (χ4v) is 2.54. The van der Waals surface area contributed by atoms with E-state index in [9.17, 15) is 4.79 Å². The van der Waals surface area contributed by atoms with Gasteiger partial charge < -0.3 is 5.32 Å². The molecule has 0 spiro atoms. The summed E-state index contributed by atoms with van der Waals surface area (Å²) in [6.07, 6.45) is 1.83. The van der Waals surface area contributed by atoms with Crippen molar-refractivity contribution in [3.63, 3.8) is 0 Å². The summed E-state index contributed by atoms with van der Waals surface area (Å²) in [5.74, 6) is 7.20. The predicted molar refractivity (Wildman–Crippen MR) is 76.5 cm³/mol. The maximum absolute atomic E-state index is 10.8. The highest BCUT2D eigenvalue weighted by Crippen LogP contribution is 2.17. The molecule has 0 saturated heterocycles. The minimum Gasteiger partial charge on any atom is -0.312 e. The first-order valence-electron chi connectivity index (χ1n) is 6.21. The van der Waals surface area contributed by atoms with Gasteiger partial charge in [-0.05, 0) is 30.2 Å². The van der Waals surface area contributed by atoms with Crippen LogP contribution < -0.4 is 5.32 Å². The van der Waals surface area contributed by atoms with Crippen molar-refractivity contribution in [3.8, 4) is 11.8 Å². The minimum absolute atomic E-state index is 0.167. The molecular formula is C15H17NOS. The summed E-state index contributed by atoms with van der Waals surface area (Å²) >= 11 is 1.34. The largest absolute Gasteiger partial charge is 0.312 e. The van der Waals surface area contributed by atoms with Gasteiger partial charge in [-0.25, -0.2) is 0 Å². The van der Waals surface area contributed by atoms with Gasteiger partial charge in [0.1, 0.15) is 0 Å². The second-order valence-electron chi connectivity index (χ2n) is 4.26. The number of rotatable bonds is 2. The molecule has 0 fully saturated rings. The molecule has 1 aromatic rings. The summed E-state index contributed by atoms with van der Waals surface area (Å²) < 4.78 is 0. The average Bonchev–Trinajstić information content (AvgIpc) is 2.38. The Bertz CT molecular complexity index is 499. The summed E-state index contributed by atoms with van der Waals surface area (Å²) in [5, 5.41) is 3.53. The molecule has 2 nitrogen and oxygen atoms in total. The molecule has 0 aliphatic carbocycles.